The molecule has 0 saturated heterocycles. The van der Waals surface area contributed by atoms with E-state index in [1.54, 1.807) is 84.7 Å². The number of nitriles is 1. The molecule has 184 valence electrons. The Hall–Kier alpha value is -4.51. The smallest absolute Gasteiger partial charge is 0.255 e. The van der Waals surface area contributed by atoms with E-state index >= 15 is 0 Å². The van der Waals surface area contributed by atoms with Crippen LogP contribution in [0.4, 0.5) is 17.1 Å². The number of carbonyl (C=O) groups is 2. The molecule has 0 heterocycles. The fourth-order valence-corrected chi connectivity index (χ4v) is 3.20. The first kappa shape index (κ1) is 26.1. The van der Waals surface area contributed by atoms with Gasteiger partial charge in [0.15, 0.2) is 0 Å². The van der Waals surface area contributed by atoms with Crippen LogP contribution in [0.3, 0.4) is 0 Å². The van der Waals surface area contributed by atoms with Gasteiger partial charge in [-0.15, -0.1) is 0 Å². The van der Waals surface area contributed by atoms with E-state index in [1.807, 2.05) is 13.8 Å². The number of likely N-dealkylation sites (N-methyl/N-ethyl adjacent to an activating group) is 1. The largest absolute Gasteiger partial charge is 0.492 e. The van der Waals surface area contributed by atoms with Crippen molar-refractivity contribution in [3.63, 3.8) is 0 Å². The molecule has 0 aliphatic rings. The lowest BCUT2D eigenvalue weighted by molar-refractivity contribution is -0.134. The topological polar surface area (TPSA) is 107 Å². The van der Waals surface area contributed by atoms with Crippen molar-refractivity contribution in [3.8, 4) is 11.8 Å². The van der Waals surface area contributed by atoms with Gasteiger partial charge in [-0.05, 0) is 79.2 Å². The molecule has 0 bridgehead atoms. The second-order valence-corrected chi connectivity index (χ2v) is 8.30. The number of ether oxygens (including phenoxy) is 1. The Morgan fingerprint density at radius 2 is 1.56 bits per heavy atom. The number of azo groups is 1. The highest BCUT2D eigenvalue weighted by Gasteiger charge is 2.15. The average Bonchev–Trinajstić information content (AvgIpc) is 2.92. The van der Waals surface area contributed by atoms with Crippen molar-refractivity contribution >= 4 is 28.9 Å². The van der Waals surface area contributed by atoms with E-state index in [-0.39, 0.29) is 17.7 Å². The molecule has 0 unspecified atom stereocenters. The Balaban J connectivity index is 1.48. The zero-order chi connectivity index (χ0) is 25.9. The predicted molar refractivity (Wildman–Crippen MR) is 139 cm³/mol. The summed E-state index contributed by atoms with van der Waals surface area (Å²) in [4.78, 5) is 26.4. The summed E-state index contributed by atoms with van der Waals surface area (Å²) in [5, 5.41) is 20.0. The minimum absolute atomic E-state index is 0.00212. The Morgan fingerprint density at radius 3 is 2.11 bits per heavy atom. The van der Waals surface area contributed by atoms with Crippen molar-refractivity contribution < 1.29 is 14.3 Å². The number of benzene rings is 3. The van der Waals surface area contributed by atoms with Crippen molar-refractivity contribution in [2.75, 3.05) is 25.5 Å². The van der Waals surface area contributed by atoms with Gasteiger partial charge in [-0.1, -0.05) is 13.8 Å². The van der Waals surface area contributed by atoms with E-state index in [4.69, 9.17) is 10.00 Å². The lowest BCUT2D eigenvalue weighted by atomic mass is 10.1. The van der Waals surface area contributed by atoms with Crippen LogP contribution >= 0.6 is 0 Å². The molecule has 0 saturated carbocycles. The molecule has 8 nitrogen and oxygen atoms in total. The van der Waals surface area contributed by atoms with Crippen molar-refractivity contribution in [3.05, 3.63) is 83.9 Å². The van der Waals surface area contributed by atoms with Gasteiger partial charge >= 0.3 is 0 Å². The Bertz CT molecular complexity index is 1230. The molecule has 0 aliphatic carbocycles. The number of hydrogen-bond acceptors (Lipinski definition) is 6. The fourth-order valence-electron chi connectivity index (χ4n) is 3.20. The predicted octanol–water partition coefficient (Wildman–Crippen LogP) is 6.11. The molecule has 3 rings (SSSR count). The van der Waals surface area contributed by atoms with Gasteiger partial charge in [-0.25, -0.2) is 0 Å². The van der Waals surface area contributed by atoms with E-state index < -0.39 is 0 Å². The summed E-state index contributed by atoms with van der Waals surface area (Å²) in [6, 6.07) is 22.7. The van der Waals surface area contributed by atoms with Crippen molar-refractivity contribution in [2.24, 2.45) is 16.1 Å². The third-order valence-electron chi connectivity index (χ3n) is 5.62. The standard InChI is InChI=1S/C28H29N5O3/c1-4-20(2)28(35)33(3)17-18-36-26-15-7-22(8-16-26)27(34)30-23-11-13-25(14-12-23)32-31-24-9-5-21(19-29)6-10-24/h5-16,20H,4,17-18H2,1-3H3,(H,30,34)/t20-/m1/s1. The molecule has 0 fully saturated rings. The zero-order valence-electron chi connectivity index (χ0n) is 20.6. The van der Waals surface area contributed by atoms with Crippen LogP contribution in [0.15, 0.2) is 83.0 Å². The summed E-state index contributed by atoms with van der Waals surface area (Å²) in [5.74, 6) is 0.498. The van der Waals surface area contributed by atoms with Gasteiger partial charge in [-0.3, -0.25) is 9.59 Å². The molecule has 8 heteroatoms. The van der Waals surface area contributed by atoms with Crippen LogP contribution in [0, 0.1) is 17.2 Å². The number of rotatable bonds is 10. The van der Waals surface area contributed by atoms with Crippen LogP contribution in [0.25, 0.3) is 0 Å². The monoisotopic (exact) mass is 483 g/mol. The molecule has 0 aromatic heterocycles. The summed E-state index contributed by atoms with van der Waals surface area (Å²) in [6.45, 7) is 4.78. The summed E-state index contributed by atoms with van der Waals surface area (Å²) in [5.41, 5.74) is 2.97. The molecule has 0 aliphatic heterocycles. The highest BCUT2D eigenvalue weighted by molar-refractivity contribution is 6.04. The van der Waals surface area contributed by atoms with Crippen molar-refractivity contribution in [2.45, 2.75) is 20.3 Å². The third kappa shape index (κ3) is 7.50. The van der Waals surface area contributed by atoms with Gasteiger partial charge in [0.05, 0.1) is 29.6 Å². The number of carbonyl (C=O) groups excluding carboxylic acids is 2. The maximum Gasteiger partial charge on any atom is 0.255 e. The van der Waals surface area contributed by atoms with E-state index in [0.29, 0.717) is 47.1 Å². The third-order valence-corrected chi connectivity index (χ3v) is 5.62. The molecule has 3 aromatic rings. The summed E-state index contributed by atoms with van der Waals surface area (Å²) in [7, 11) is 1.77. The summed E-state index contributed by atoms with van der Waals surface area (Å²) < 4.78 is 5.71. The Morgan fingerprint density at radius 1 is 0.972 bits per heavy atom. The molecular formula is C28H29N5O3. The van der Waals surface area contributed by atoms with E-state index in [0.717, 1.165) is 6.42 Å². The lowest BCUT2D eigenvalue weighted by Gasteiger charge is -2.20. The molecular weight excluding hydrogens is 454 g/mol. The Labute approximate surface area is 211 Å². The van der Waals surface area contributed by atoms with E-state index in [9.17, 15) is 9.59 Å². The maximum atomic E-state index is 12.6. The number of nitrogens with one attached hydrogen (secondary N) is 1. The lowest BCUT2D eigenvalue weighted by Crippen LogP contribution is -2.34. The Kier molecular flexibility index (Phi) is 9.29. The number of amides is 2. The van der Waals surface area contributed by atoms with Gasteiger partial charge in [-0.2, -0.15) is 15.5 Å². The first-order valence-corrected chi connectivity index (χ1v) is 11.7. The second-order valence-electron chi connectivity index (χ2n) is 8.30. The van der Waals surface area contributed by atoms with Crippen LogP contribution in [-0.2, 0) is 4.79 Å². The molecule has 1 atom stereocenters. The number of anilines is 1. The zero-order valence-corrected chi connectivity index (χ0v) is 20.6. The molecule has 3 aromatic carbocycles. The van der Waals surface area contributed by atoms with Gasteiger partial charge in [0.25, 0.3) is 5.91 Å². The van der Waals surface area contributed by atoms with Crippen LogP contribution in [0.2, 0.25) is 0 Å². The molecule has 2 amide bonds. The van der Waals surface area contributed by atoms with Gasteiger partial charge < -0.3 is 15.0 Å². The molecule has 1 N–H and O–H groups in total. The number of nitrogens with zero attached hydrogens (tertiary/aromatic N) is 4. The summed E-state index contributed by atoms with van der Waals surface area (Å²) >= 11 is 0. The van der Waals surface area contributed by atoms with Crippen LogP contribution in [0.1, 0.15) is 36.2 Å². The second kappa shape index (κ2) is 12.8. The van der Waals surface area contributed by atoms with Gasteiger partial charge in [0.2, 0.25) is 5.91 Å². The highest BCUT2D eigenvalue weighted by Crippen LogP contribution is 2.21. The van der Waals surface area contributed by atoms with Gasteiger partial charge in [0, 0.05) is 24.2 Å². The van der Waals surface area contributed by atoms with Crippen LogP contribution < -0.4 is 10.1 Å². The molecule has 0 spiro atoms. The SMILES string of the molecule is CC[C@@H](C)C(=O)N(C)CCOc1ccc(C(=O)Nc2ccc(N=Nc3ccc(C#N)cc3)cc2)cc1. The first-order valence-electron chi connectivity index (χ1n) is 11.7. The van der Waals surface area contributed by atoms with Gasteiger partial charge in [0.1, 0.15) is 12.4 Å². The normalized spacial score (nSPS) is 11.5. The minimum atomic E-state index is -0.243. The first-order chi connectivity index (χ1) is 17.4. The highest BCUT2D eigenvalue weighted by atomic mass is 16.5. The molecule has 36 heavy (non-hydrogen) atoms. The number of hydrogen-bond donors (Lipinski definition) is 1. The van der Waals surface area contributed by atoms with Crippen LogP contribution in [0.5, 0.6) is 5.75 Å². The van der Waals surface area contributed by atoms with E-state index in [1.165, 1.54) is 0 Å². The van der Waals surface area contributed by atoms with Crippen molar-refractivity contribution in [1.29, 1.82) is 5.26 Å². The van der Waals surface area contributed by atoms with Crippen molar-refractivity contribution in [1.82, 2.24) is 4.90 Å². The minimum Gasteiger partial charge on any atom is -0.492 e. The quantitative estimate of drug-likeness (QED) is 0.351. The van der Waals surface area contributed by atoms with E-state index in [2.05, 4.69) is 21.6 Å². The molecule has 0 radical (unpaired) electrons. The van der Waals surface area contributed by atoms with Crippen LogP contribution in [-0.4, -0.2) is 36.9 Å². The summed E-state index contributed by atoms with van der Waals surface area (Å²) in [6.07, 6.45) is 0.808. The maximum absolute atomic E-state index is 12.6. The average molecular weight is 484 g/mol. The fraction of sp³-hybridized carbons (Fsp3) is 0.250.